The molecule has 5 nitrogen and oxygen atoms in total. The van der Waals surface area contributed by atoms with E-state index in [1.165, 1.54) is 17.3 Å². The average molecular weight is 269 g/mol. The van der Waals surface area contributed by atoms with Gasteiger partial charge in [0.05, 0.1) is 6.54 Å². The molecule has 0 spiro atoms. The van der Waals surface area contributed by atoms with E-state index in [-0.39, 0.29) is 25.1 Å². The Morgan fingerprint density at radius 3 is 2.68 bits per heavy atom. The van der Waals surface area contributed by atoms with Crippen LogP contribution in [0.25, 0.3) is 0 Å². The molecule has 0 fully saturated rings. The number of hydrogen-bond acceptors (Lipinski definition) is 4. The minimum atomic E-state index is -1.68. The second kappa shape index (κ2) is 5.41. The Balaban J connectivity index is 2.37. The highest BCUT2D eigenvalue weighted by atomic mass is 19.1. The maximum atomic E-state index is 13.8. The summed E-state index contributed by atoms with van der Waals surface area (Å²) in [6.45, 7) is -0.432. The van der Waals surface area contributed by atoms with Crippen LogP contribution in [-0.4, -0.2) is 31.6 Å². The first-order valence-corrected chi connectivity index (χ1v) is 5.66. The maximum Gasteiger partial charge on any atom is 0.137 e. The molecule has 0 radical (unpaired) electrons. The van der Waals surface area contributed by atoms with Crippen molar-refractivity contribution in [3.05, 3.63) is 48.1 Å². The van der Waals surface area contributed by atoms with E-state index in [1.54, 1.807) is 0 Å². The summed E-state index contributed by atoms with van der Waals surface area (Å²) in [5.41, 5.74) is -1.77. The summed E-state index contributed by atoms with van der Waals surface area (Å²) >= 11 is 0. The van der Waals surface area contributed by atoms with Crippen LogP contribution in [0.15, 0.2) is 30.9 Å². The lowest BCUT2D eigenvalue weighted by molar-refractivity contribution is -0.0106. The molecule has 0 saturated carbocycles. The van der Waals surface area contributed by atoms with Crippen molar-refractivity contribution in [2.24, 2.45) is 0 Å². The molecular weight excluding hydrogens is 256 g/mol. The number of halogens is 2. The first-order valence-electron chi connectivity index (χ1n) is 5.66. The smallest absolute Gasteiger partial charge is 0.137 e. The Morgan fingerprint density at radius 1 is 1.32 bits per heavy atom. The highest BCUT2D eigenvalue weighted by Gasteiger charge is 2.32. The van der Waals surface area contributed by atoms with Gasteiger partial charge in [-0.25, -0.2) is 18.4 Å². The summed E-state index contributed by atoms with van der Waals surface area (Å²) in [6.07, 6.45) is 2.54. The number of benzene rings is 1. The zero-order chi connectivity index (χ0) is 13.9. The van der Waals surface area contributed by atoms with Gasteiger partial charge < -0.3 is 10.2 Å². The van der Waals surface area contributed by atoms with Gasteiger partial charge in [0.2, 0.25) is 0 Å². The van der Waals surface area contributed by atoms with E-state index in [0.29, 0.717) is 6.07 Å². The molecule has 0 aliphatic rings. The molecule has 1 aromatic carbocycles. The Labute approximate surface area is 108 Å². The fourth-order valence-corrected chi connectivity index (χ4v) is 1.93. The van der Waals surface area contributed by atoms with Gasteiger partial charge in [-0.1, -0.05) is 6.07 Å². The first-order chi connectivity index (χ1) is 9.05. The molecule has 1 atom stereocenters. The quantitative estimate of drug-likeness (QED) is 0.843. The predicted molar refractivity (Wildman–Crippen MR) is 62.0 cm³/mol. The zero-order valence-corrected chi connectivity index (χ0v) is 10.0. The van der Waals surface area contributed by atoms with Crippen molar-refractivity contribution in [2.75, 3.05) is 6.61 Å². The Hall–Kier alpha value is -1.86. The number of rotatable bonds is 5. The third kappa shape index (κ3) is 2.94. The molecule has 2 N–H and O–H groups in total. The lowest BCUT2D eigenvalue weighted by Crippen LogP contribution is -2.34. The van der Waals surface area contributed by atoms with Crippen LogP contribution in [0.5, 0.6) is 0 Å². The summed E-state index contributed by atoms with van der Waals surface area (Å²) in [7, 11) is 0. The van der Waals surface area contributed by atoms with E-state index in [9.17, 15) is 13.9 Å². The van der Waals surface area contributed by atoms with E-state index in [0.717, 1.165) is 12.1 Å². The standard InChI is InChI=1S/C12H13F2N3O2/c13-9-1-2-10(11(14)5-9)12(19,3-4-18)6-17-8-15-7-16-17/h1-2,5,7-8,18-19H,3-4,6H2. The van der Waals surface area contributed by atoms with Crippen molar-refractivity contribution >= 4 is 0 Å². The van der Waals surface area contributed by atoms with Gasteiger partial charge in [-0.05, 0) is 6.07 Å². The number of aliphatic hydroxyl groups excluding tert-OH is 1. The lowest BCUT2D eigenvalue weighted by atomic mass is 9.90. The number of aliphatic hydroxyl groups is 2. The Bertz CT molecular complexity index is 548. The summed E-state index contributed by atoms with van der Waals surface area (Å²) in [5.74, 6) is -1.59. The molecule has 102 valence electrons. The third-order valence-electron chi connectivity index (χ3n) is 2.85. The topological polar surface area (TPSA) is 71.2 Å². The molecule has 1 unspecified atom stereocenters. The number of hydrogen-bond donors (Lipinski definition) is 2. The van der Waals surface area contributed by atoms with Gasteiger partial charge in [-0.15, -0.1) is 0 Å². The average Bonchev–Trinajstić information content (AvgIpc) is 2.81. The molecule has 1 heterocycles. The molecule has 0 aliphatic heterocycles. The van der Waals surface area contributed by atoms with Crippen molar-refractivity contribution < 1.29 is 19.0 Å². The van der Waals surface area contributed by atoms with E-state index < -0.39 is 17.2 Å². The molecule has 2 aromatic rings. The molecule has 0 saturated heterocycles. The summed E-state index contributed by atoms with van der Waals surface area (Å²) < 4.78 is 28.0. The van der Waals surface area contributed by atoms with E-state index in [1.807, 2.05) is 0 Å². The van der Waals surface area contributed by atoms with Crippen LogP contribution >= 0.6 is 0 Å². The molecule has 2 rings (SSSR count). The summed E-state index contributed by atoms with van der Waals surface area (Å²) in [5, 5.41) is 23.4. The SMILES string of the molecule is OCCC(O)(Cn1cncn1)c1ccc(F)cc1F. The van der Waals surface area contributed by atoms with Crippen LogP contribution < -0.4 is 0 Å². The third-order valence-corrected chi connectivity index (χ3v) is 2.85. The van der Waals surface area contributed by atoms with Crippen molar-refractivity contribution in [3.8, 4) is 0 Å². The number of aromatic nitrogens is 3. The molecule has 0 bridgehead atoms. The van der Waals surface area contributed by atoms with Crippen LogP contribution in [0.1, 0.15) is 12.0 Å². The minimum absolute atomic E-state index is 0.0848. The van der Waals surface area contributed by atoms with E-state index in [2.05, 4.69) is 10.1 Å². The van der Waals surface area contributed by atoms with Crippen LogP contribution in [0.2, 0.25) is 0 Å². The van der Waals surface area contributed by atoms with Gasteiger partial charge in [-0.3, -0.25) is 0 Å². The number of nitrogens with zero attached hydrogens (tertiary/aromatic N) is 3. The Morgan fingerprint density at radius 2 is 2.11 bits per heavy atom. The highest BCUT2D eigenvalue weighted by molar-refractivity contribution is 5.25. The van der Waals surface area contributed by atoms with Gasteiger partial charge in [0, 0.05) is 24.7 Å². The molecule has 0 aliphatic carbocycles. The molecule has 1 aromatic heterocycles. The molecule has 19 heavy (non-hydrogen) atoms. The maximum absolute atomic E-state index is 13.8. The monoisotopic (exact) mass is 269 g/mol. The van der Waals surface area contributed by atoms with Crippen molar-refractivity contribution in [3.63, 3.8) is 0 Å². The normalized spacial score (nSPS) is 14.3. The summed E-state index contributed by atoms with van der Waals surface area (Å²) in [6, 6.07) is 2.92. The fraction of sp³-hybridized carbons (Fsp3) is 0.333. The minimum Gasteiger partial charge on any atom is -0.396 e. The van der Waals surface area contributed by atoms with Gasteiger partial charge in [0.1, 0.15) is 29.9 Å². The molecule has 7 heteroatoms. The van der Waals surface area contributed by atoms with Crippen molar-refractivity contribution in [1.82, 2.24) is 14.8 Å². The summed E-state index contributed by atoms with van der Waals surface area (Å²) in [4.78, 5) is 3.72. The fourth-order valence-electron chi connectivity index (χ4n) is 1.93. The highest BCUT2D eigenvalue weighted by Crippen LogP contribution is 2.29. The van der Waals surface area contributed by atoms with Crippen LogP contribution in [-0.2, 0) is 12.1 Å². The van der Waals surface area contributed by atoms with Crippen molar-refractivity contribution in [2.45, 2.75) is 18.6 Å². The van der Waals surface area contributed by atoms with Crippen molar-refractivity contribution in [1.29, 1.82) is 0 Å². The predicted octanol–water partition coefficient (Wildman–Crippen LogP) is 0.826. The van der Waals surface area contributed by atoms with Crippen LogP contribution in [0, 0.1) is 11.6 Å². The van der Waals surface area contributed by atoms with Gasteiger partial charge in [0.25, 0.3) is 0 Å². The van der Waals surface area contributed by atoms with E-state index >= 15 is 0 Å². The molecular formula is C12H13F2N3O2. The first kappa shape index (κ1) is 13.6. The second-order valence-corrected chi connectivity index (χ2v) is 4.22. The molecule has 0 amide bonds. The van der Waals surface area contributed by atoms with Crippen LogP contribution in [0.4, 0.5) is 8.78 Å². The largest absolute Gasteiger partial charge is 0.396 e. The lowest BCUT2D eigenvalue weighted by Gasteiger charge is -2.28. The van der Waals surface area contributed by atoms with Crippen LogP contribution in [0.3, 0.4) is 0 Å². The van der Waals surface area contributed by atoms with E-state index in [4.69, 9.17) is 5.11 Å². The van der Waals surface area contributed by atoms with Gasteiger partial charge >= 0.3 is 0 Å². The van der Waals surface area contributed by atoms with Gasteiger partial charge in [0.15, 0.2) is 0 Å². The Kier molecular flexibility index (Phi) is 3.87. The second-order valence-electron chi connectivity index (χ2n) is 4.22. The zero-order valence-electron chi connectivity index (χ0n) is 10.0. The van der Waals surface area contributed by atoms with Gasteiger partial charge in [-0.2, -0.15) is 5.10 Å².